The van der Waals surface area contributed by atoms with Gasteiger partial charge in [-0.1, -0.05) is 0 Å². The van der Waals surface area contributed by atoms with Crippen LogP contribution in [0.1, 0.15) is 22.5 Å². The molecule has 1 aromatic heterocycles. The SMILES string of the molecule is COc1ccc(OC)c(C2SCC(=O)N2Cc2ccc(C)o2)c1. The number of thioether (sulfide) groups is 1. The molecule has 1 fully saturated rings. The van der Waals surface area contributed by atoms with Crippen LogP contribution in [-0.2, 0) is 11.3 Å². The van der Waals surface area contributed by atoms with Gasteiger partial charge in [0.15, 0.2) is 0 Å². The van der Waals surface area contributed by atoms with Gasteiger partial charge in [0.1, 0.15) is 28.4 Å². The summed E-state index contributed by atoms with van der Waals surface area (Å²) in [7, 11) is 3.26. The number of ether oxygens (including phenoxy) is 2. The lowest BCUT2D eigenvalue weighted by atomic mass is 10.1. The van der Waals surface area contributed by atoms with E-state index in [1.165, 1.54) is 0 Å². The topological polar surface area (TPSA) is 51.9 Å². The molecule has 1 atom stereocenters. The molecule has 1 saturated heterocycles. The molecule has 1 aromatic carbocycles. The van der Waals surface area contributed by atoms with Crippen molar-refractivity contribution in [1.29, 1.82) is 0 Å². The van der Waals surface area contributed by atoms with Crippen LogP contribution in [-0.4, -0.2) is 30.8 Å². The number of nitrogens with zero attached hydrogens (tertiary/aromatic N) is 1. The van der Waals surface area contributed by atoms with Gasteiger partial charge in [0.05, 0.1) is 26.5 Å². The fourth-order valence-electron chi connectivity index (χ4n) is 2.65. The highest BCUT2D eigenvalue weighted by Crippen LogP contribution is 2.44. The monoisotopic (exact) mass is 333 g/mol. The van der Waals surface area contributed by atoms with Gasteiger partial charge < -0.3 is 18.8 Å². The van der Waals surface area contributed by atoms with Crippen LogP contribution in [0.3, 0.4) is 0 Å². The Labute approximate surface area is 139 Å². The van der Waals surface area contributed by atoms with Crippen molar-refractivity contribution in [3.63, 3.8) is 0 Å². The Bertz CT molecular complexity index is 712. The molecule has 3 rings (SSSR count). The molecule has 5 nitrogen and oxygen atoms in total. The lowest BCUT2D eigenvalue weighted by Gasteiger charge is -2.25. The van der Waals surface area contributed by atoms with Crippen LogP contribution in [0.25, 0.3) is 0 Å². The van der Waals surface area contributed by atoms with Crippen molar-refractivity contribution in [1.82, 2.24) is 4.90 Å². The van der Waals surface area contributed by atoms with Gasteiger partial charge in [-0.3, -0.25) is 4.79 Å². The van der Waals surface area contributed by atoms with Crippen molar-refractivity contribution >= 4 is 17.7 Å². The molecular formula is C17H19NO4S. The molecule has 23 heavy (non-hydrogen) atoms. The van der Waals surface area contributed by atoms with Crippen LogP contribution < -0.4 is 9.47 Å². The lowest BCUT2D eigenvalue weighted by Crippen LogP contribution is -2.27. The standard InChI is InChI=1S/C17H19NO4S/c1-11-4-5-13(22-11)9-18-16(19)10-23-17(18)14-8-12(20-2)6-7-15(14)21-3/h4-8,17H,9-10H2,1-3H3. The molecule has 1 aliphatic rings. The maximum absolute atomic E-state index is 12.3. The predicted octanol–water partition coefficient (Wildman–Crippen LogP) is 3.38. The van der Waals surface area contributed by atoms with E-state index in [0.29, 0.717) is 12.3 Å². The molecule has 0 radical (unpaired) electrons. The minimum Gasteiger partial charge on any atom is -0.497 e. The Balaban J connectivity index is 1.92. The van der Waals surface area contributed by atoms with E-state index in [4.69, 9.17) is 13.9 Å². The Morgan fingerprint density at radius 3 is 2.74 bits per heavy atom. The number of amides is 1. The fourth-order valence-corrected chi connectivity index (χ4v) is 3.86. The highest BCUT2D eigenvalue weighted by atomic mass is 32.2. The van der Waals surface area contributed by atoms with Crippen LogP contribution in [0, 0.1) is 6.92 Å². The zero-order chi connectivity index (χ0) is 16.4. The number of hydrogen-bond donors (Lipinski definition) is 0. The van der Waals surface area contributed by atoms with Crippen LogP contribution >= 0.6 is 11.8 Å². The van der Waals surface area contributed by atoms with Crippen molar-refractivity contribution < 1.29 is 18.7 Å². The largest absolute Gasteiger partial charge is 0.497 e. The quantitative estimate of drug-likeness (QED) is 0.839. The van der Waals surface area contributed by atoms with Gasteiger partial charge in [-0.25, -0.2) is 0 Å². The maximum Gasteiger partial charge on any atom is 0.234 e. The average molecular weight is 333 g/mol. The van der Waals surface area contributed by atoms with E-state index in [9.17, 15) is 4.79 Å². The number of methoxy groups -OCH3 is 2. The van der Waals surface area contributed by atoms with E-state index in [1.807, 2.05) is 42.2 Å². The Morgan fingerprint density at radius 1 is 1.26 bits per heavy atom. The first kappa shape index (κ1) is 15.8. The second-order valence-electron chi connectivity index (χ2n) is 5.31. The second kappa shape index (κ2) is 6.58. The Hall–Kier alpha value is -2.08. The minimum absolute atomic E-state index is 0.0962. The van der Waals surface area contributed by atoms with Crippen LogP contribution in [0.4, 0.5) is 0 Å². The van der Waals surface area contributed by atoms with E-state index >= 15 is 0 Å². The van der Waals surface area contributed by atoms with Gasteiger partial charge in [-0.2, -0.15) is 0 Å². The zero-order valence-corrected chi connectivity index (χ0v) is 14.2. The third kappa shape index (κ3) is 3.17. The summed E-state index contributed by atoms with van der Waals surface area (Å²) in [4.78, 5) is 14.1. The van der Waals surface area contributed by atoms with Crippen molar-refractivity contribution in [3.8, 4) is 11.5 Å². The number of benzene rings is 1. The molecule has 6 heteroatoms. The van der Waals surface area contributed by atoms with Gasteiger partial charge in [-0.15, -0.1) is 11.8 Å². The molecule has 0 spiro atoms. The van der Waals surface area contributed by atoms with Gasteiger partial charge in [0.25, 0.3) is 0 Å². The van der Waals surface area contributed by atoms with Crippen molar-refractivity contribution in [3.05, 3.63) is 47.4 Å². The maximum atomic E-state index is 12.3. The number of aryl methyl sites for hydroxylation is 1. The molecule has 0 bridgehead atoms. The molecule has 1 amide bonds. The number of rotatable bonds is 5. The average Bonchev–Trinajstić information content (AvgIpc) is 3.13. The van der Waals surface area contributed by atoms with Crippen LogP contribution in [0.5, 0.6) is 11.5 Å². The van der Waals surface area contributed by atoms with Crippen molar-refractivity contribution in [2.45, 2.75) is 18.8 Å². The Kier molecular flexibility index (Phi) is 4.52. The van der Waals surface area contributed by atoms with Crippen LogP contribution in [0.15, 0.2) is 34.7 Å². The van der Waals surface area contributed by atoms with E-state index < -0.39 is 0 Å². The molecule has 122 valence electrons. The second-order valence-corrected chi connectivity index (χ2v) is 6.37. The van der Waals surface area contributed by atoms with Gasteiger partial charge >= 0.3 is 0 Å². The van der Waals surface area contributed by atoms with E-state index in [1.54, 1.807) is 26.0 Å². The van der Waals surface area contributed by atoms with Crippen molar-refractivity contribution in [2.75, 3.05) is 20.0 Å². The van der Waals surface area contributed by atoms with Crippen LogP contribution in [0.2, 0.25) is 0 Å². The first-order valence-corrected chi connectivity index (χ1v) is 8.35. The summed E-state index contributed by atoms with van der Waals surface area (Å²) in [6.45, 7) is 2.34. The summed E-state index contributed by atoms with van der Waals surface area (Å²) in [6, 6.07) is 9.46. The number of carbonyl (C=O) groups excluding carboxylic acids is 1. The van der Waals surface area contributed by atoms with Gasteiger partial charge in [0, 0.05) is 5.56 Å². The third-order valence-electron chi connectivity index (χ3n) is 3.79. The summed E-state index contributed by atoms with van der Waals surface area (Å²) in [5.41, 5.74) is 0.936. The highest BCUT2D eigenvalue weighted by Gasteiger charge is 2.35. The predicted molar refractivity (Wildman–Crippen MR) is 88.7 cm³/mol. The summed E-state index contributed by atoms with van der Waals surface area (Å²) in [5.74, 6) is 3.66. The number of carbonyl (C=O) groups is 1. The Morgan fingerprint density at radius 2 is 2.09 bits per heavy atom. The molecule has 2 heterocycles. The van der Waals surface area contributed by atoms with E-state index in [2.05, 4.69) is 0 Å². The molecule has 2 aromatic rings. The molecule has 0 N–H and O–H groups in total. The van der Waals surface area contributed by atoms with E-state index in [0.717, 1.165) is 28.6 Å². The van der Waals surface area contributed by atoms with E-state index in [-0.39, 0.29) is 11.3 Å². The summed E-state index contributed by atoms with van der Waals surface area (Å²) < 4.78 is 16.4. The lowest BCUT2D eigenvalue weighted by molar-refractivity contribution is -0.128. The minimum atomic E-state index is -0.113. The first-order chi connectivity index (χ1) is 11.1. The van der Waals surface area contributed by atoms with Crippen molar-refractivity contribution in [2.24, 2.45) is 0 Å². The molecule has 0 aliphatic carbocycles. The third-order valence-corrected chi connectivity index (χ3v) is 5.03. The number of hydrogen-bond acceptors (Lipinski definition) is 5. The summed E-state index contributed by atoms with van der Waals surface area (Å²) in [6.07, 6.45) is 0. The summed E-state index contributed by atoms with van der Waals surface area (Å²) >= 11 is 1.59. The molecule has 0 saturated carbocycles. The van der Waals surface area contributed by atoms with Gasteiger partial charge in [-0.05, 0) is 37.3 Å². The summed E-state index contributed by atoms with van der Waals surface area (Å²) in [5, 5.41) is -0.113. The normalized spacial score (nSPS) is 17.6. The van der Waals surface area contributed by atoms with Gasteiger partial charge in [0.2, 0.25) is 5.91 Å². The molecule has 1 unspecified atom stereocenters. The highest BCUT2D eigenvalue weighted by molar-refractivity contribution is 8.00. The smallest absolute Gasteiger partial charge is 0.234 e. The molecule has 1 aliphatic heterocycles. The zero-order valence-electron chi connectivity index (χ0n) is 13.4. The molecular weight excluding hydrogens is 314 g/mol. The first-order valence-electron chi connectivity index (χ1n) is 7.30. The number of furan rings is 1. The fraction of sp³-hybridized carbons (Fsp3) is 0.353.